The van der Waals surface area contributed by atoms with E-state index in [1.807, 2.05) is 18.2 Å². The summed E-state index contributed by atoms with van der Waals surface area (Å²) >= 11 is 0. The highest BCUT2D eigenvalue weighted by molar-refractivity contribution is 5.79. The van der Waals surface area contributed by atoms with Gasteiger partial charge in [0.2, 0.25) is 0 Å². The molecule has 1 aromatic heterocycles. The van der Waals surface area contributed by atoms with Crippen LogP contribution in [-0.2, 0) is 6.54 Å². The van der Waals surface area contributed by atoms with Gasteiger partial charge in [-0.25, -0.2) is 0 Å². The first-order valence-electron chi connectivity index (χ1n) is 8.48. The van der Waals surface area contributed by atoms with Crippen molar-refractivity contribution in [3.63, 3.8) is 0 Å². The molecule has 0 saturated carbocycles. The lowest BCUT2D eigenvalue weighted by molar-refractivity contribution is 0.707. The largest absolute Gasteiger partial charge is 0.372 e. The van der Waals surface area contributed by atoms with Gasteiger partial charge in [0.05, 0.1) is 12.2 Å². The van der Waals surface area contributed by atoms with Crippen LogP contribution in [0.25, 0.3) is 0 Å². The van der Waals surface area contributed by atoms with E-state index in [1.54, 1.807) is 13.2 Å². The number of rotatable bonds is 8. The SMILES string of the molecule is CCN(CCCNC(=NC)NCc1ccccn1)c1ccccc1. The fourth-order valence-corrected chi connectivity index (χ4v) is 2.48. The van der Waals surface area contributed by atoms with Crippen molar-refractivity contribution in [2.24, 2.45) is 4.99 Å². The summed E-state index contributed by atoms with van der Waals surface area (Å²) in [6.45, 7) is 5.77. The zero-order valence-corrected chi connectivity index (χ0v) is 14.6. The van der Waals surface area contributed by atoms with Crippen LogP contribution in [0.1, 0.15) is 19.0 Å². The molecule has 0 radical (unpaired) electrons. The highest BCUT2D eigenvalue weighted by Gasteiger charge is 2.03. The summed E-state index contributed by atoms with van der Waals surface area (Å²) in [5.74, 6) is 0.809. The van der Waals surface area contributed by atoms with E-state index in [4.69, 9.17) is 0 Å². The number of guanidine groups is 1. The topological polar surface area (TPSA) is 52.5 Å². The zero-order valence-electron chi connectivity index (χ0n) is 14.6. The average molecular weight is 325 g/mol. The van der Waals surface area contributed by atoms with Crippen molar-refractivity contribution in [2.45, 2.75) is 19.9 Å². The third-order valence-electron chi connectivity index (χ3n) is 3.79. The maximum absolute atomic E-state index is 4.30. The Labute approximate surface area is 144 Å². The van der Waals surface area contributed by atoms with Crippen LogP contribution >= 0.6 is 0 Å². The Hall–Kier alpha value is -2.56. The Kier molecular flexibility index (Phi) is 7.60. The minimum atomic E-state index is 0.672. The number of para-hydroxylation sites is 1. The molecule has 0 bridgehead atoms. The number of nitrogens with one attached hydrogen (secondary N) is 2. The van der Waals surface area contributed by atoms with Crippen molar-refractivity contribution >= 4 is 11.6 Å². The van der Waals surface area contributed by atoms with Crippen LogP contribution in [0.5, 0.6) is 0 Å². The molecule has 5 nitrogen and oxygen atoms in total. The quantitative estimate of drug-likeness (QED) is 0.445. The Bertz CT molecular complexity index is 598. The molecular weight excluding hydrogens is 298 g/mol. The molecule has 0 aliphatic rings. The van der Waals surface area contributed by atoms with Crippen molar-refractivity contribution in [1.82, 2.24) is 15.6 Å². The molecule has 128 valence electrons. The summed E-state index contributed by atoms with van der Waals surface area (Å²) < 4.78 is 0. The van der Waals surface area contributed by atoms with Gasteiger partial charge in [-0.2, -0.15) is 0 Å². The zero-order chi connectivity index (χ0) is 17.0. The first kappa shape index (κ1) is 17.8. The molecule has 2 rings (SSSR count). The Morgan fingerprint density at radius 3 is 2.54 bits per heavy atom. The van der Waals surface area contributed by atoms with Crippen LogP contribution in [0.15, 0.2) is 59.7 Å². The predicted molar refractivity (Wildman–Crippen MR) is 101 cm³/mol. The number of aromatic nitrogens is 1. The normalized spacial score (nSPS) is 11.2. The first-order chi connectivity index (χ1) is 11.8. The molecule has 1 heterocycles. The van der Waals surface area contributed by atoms with Crippen LogP contribution in [0.4, 0.5) is 5.69 Å². The minimum Gasteiger partial charge on any atom is -0.372 e. The number of benzene rings is 1. The maximum Gasteiger partial charge on any atom is 0.191 e. The second-order valence-corrected chi connectivity index (χ2v) is 5.44. The standard InChI is InChI=1S/C19H27N5/c1-3-24(18-11-5-4-6-12-18)15-9-14-22-19(20-2)23-16-17-10-7-8-13-21-17/h4-8,10-13H,3,9,14-16H2,1-2H3,(H2,20,22,23). The lowest BCUT2D eigenvalue weighted by Crippen LogP contribution is -2.38. The molecule has 0 aliphatic carbocycles. The van der Waals surface area contributed by atoms with E-state index in [9.17, 15) is 0 Å². The molecule has 0 unspecified atom stereocenters. The summed E-state index contributed by atoms with van der Waals surface area (Å²) in [5, 5.41) is 6.64. The fourth-order valence-electron chi connectivity index (χ4n) is 2.48. The fraction of sp³-hybridized carbons (Fsp3) is 0.368. The van der Waals surface area contributed by atoms with Crippen LogP contribution in [-0.4, -0.2) is 37.6 Å². The Balaban J connectivity index is 1.70. The van der Waals surface area contributed by atoms with Crippen LogP contribution in [0.3, 0.4) is 0 Å². The van der Waals surface area contributed by atoms with Crippen molar-refractivity contribution in [3.8, 4) is 0 Å². The van der Waals surface area contributed by atoms with E-state index in [0.29, 0.717) is 6.54 Å². The van der Waals surface area contributed by atoms with Gasteiger partial charge in [0.1, 0.15) is 0 Å². The van der Waals surface area contributed by atoms with Crippen molar-refractivity contribution < 1.29 is 0 Å². The Morgan fingerprint density at radius 1 is 1.08 bits per heavy atom. The summed E-state index contributed by atoms with van der Waals surface area (Å²) in [6.07, 6.45) is 2.85. The summed E-state index contributed by atoms with van der Waals surface area (Å²) in [7, 11) is 1.79. The highest BCUT2D eigenvalue weighted by atomic mass is 15.2. The molecular formula is C19H27N5. The van der Waals surface area contributed by atoms with Crippen LogP contribution in [0, 0.1) is 0 Å². The molecule has 24 heavy (non-hydrogen) atoms. The summed E-state index contributed by atoms with van der Waals surface area (Å²) in [5.41, 5.74) is 2.28. The monoisotopic (exact) mass is 325 g/mol. The minimum absolute atomic E-state index is 0.672. The highest BCUT2D eigenvalue weighted by Crippen LogP contribution is 2.12. The number of anilines is 1. The van der Waals surface area contributed by atoms with Gasteiger partial charge in [0, 0.05) is 38.6 Å². The van der Waals surface area contributed by atoms with E-state index < -0.39 is 0 Å². The van der Waals surface area contributed by atoms with Crippen molar-refractivity contribution in [2.75, 3.05) is 31.6 Å². The molecule has 1 aromatic carbocycles. The first-order valence-corrected chi connectivity index (χ1v) is 8.48. The molecule has 0 fully saturated rings. The lowest BCUT2D eigenvalue weighted by Gasteiger charge is -2.23. The second kappa shape index (κ2) is 10.3. The molecule has 0 amide bonds. The summed E-state index contributed by atoms with van der Waals surface area (Å²) in [4.78, 5) is 10.9. The molecule has 0 spiro atoms. The van der Waals surface area contributed by atoms with E-state index in [2.05, 4.69) is 62.8 Å². The van der Waals surface area contributed by atoms with Crippen LogP contribution < -0.4 is 15.5 Å². The number of aliphatic imine (C=N–C) groups is 1. The molecule has 2 N–H and O–H groups in total. The van der Waals surface area contributed by atoms with E-state index >= 15 is 0 Å². The number of hydrogen-bond acceptors (Lipinski definition) is 3. The van der Waals surface area contributed by atoms with Gasteiger partial charge in [0.25, 0.3) is 0 Å². The molecule has 0 saturated heterocycles. The third kappa shape index (κ3) is 5.91. The maximum atomic E-state index is 4.30. The molecule has 2 aromatic rings. The van der Waals surface area contributed by atoms with E-state index in [-0.39, 0.29) is 0 Å². The smallest absolute Gasteiger partial charge is 0.191 e. The third-order valence-corrected chi connectivity index (χ3v) is 3.79. The predicted octanol–water partition coefficient (Wildman–Crippen LogP) is 2.66. The number of hydrogen-bond donors (Lipinski definition) is 2. The summed E-state index contributed by atoms with van der Waals surface area (Å²) in [6, 6.07) is 16.4. The van der Waals surface area contributed by atoms with Gasteiger partial charge >= 0.3 is 0 Å². The Morgan fingerprint density at radius 2 is 1.88 bits per heavy atom. The number of pyridine rings is 1. The average Bonchev–Trinajstić information content (AvgIpc) is 2.65. The van der Waals surface area contributed by atoms with Crippen LogP contribution in [0.2, 0.25) is 0 Å². The molecule has 0 aliphatic heterocycles. The van der Waals surface area contributed by atoms with Gasteiger partial charge in [0.15, 0.2) is 5.96 Å². The lowest BCUT2D eigenvalue weighted by atomic mass is 10.2. The van der Waals surface area contributed by atoms with Gasteiger partial charge in [-0.3, -0.25) is 9.98 Å². The number of nitrogens with zero attached hydrogens (tertiary/aromatic N) is 3. The van der Waals surface area contributed by atoms with Gasteiger partial charge in [-0.05, 0) is 37.6 Å². The van der Waals surface area contributed by atoms with Crippen molar-refractivity contribution in [1.29, 1.82) is 0 Å². The van der Waals surface area contributed by atoms with E-state index in [1.165, 1.54) is 5.69 Å². The van der Waals surface area contributed by atoms with Gasteiger partial charge in [-0.15, -0.1) is 0 Å². The van der Waals surface area contributed by atoms with Gasteiger partial charge < -0.3 is 15.5 Å². The second-order valence-electron chi connectivity index (χ2n) is 5.44. The van der Waals surface area contributed by atoms with E-state index in [0.717, 1.165) is 37.7 Å². The van der Waals surface area contributed by atoms with Crippen molar-refractivity contribution in [3.05, 3.63) is 60.4 Å². The molecule has 5 heteroatoms. The molecule has 0 atom stereocenters. The van der Waals surface area contributed by atoms with Gasteiger partial charge in [-0.1, -0.05) is 24.3 Å².